The number of H-pyrrole nitrogens is 1. The molecule has 6 rings (SSSR count). The molecule has 0 saturated carbocycles. The van der Waals surface area contributed by atoms with Crippen LogP contribution in [0.2, 0.25) is 0 Å². The number of carbonyl (C=O) groups is 2. The van der Waals surface area contributed by atoms with Crippen LogP contribution in [0.4, 0.5) is 5.69 Å². The summed E-state index contributed by atoms with van der Waals surface area (Å²) in [4.78, 5) is 38.8. The van der Waals surface area contributed by atoms with Crippen LogP contribution in [-0.2, 0) is 11.3 Å². The molecule has 1 fully saturated rings. The molecule has 0 bridgehead atoms. The van der Waals surface area contributed by atoms with Crippen molar-refractivity contribution in [2.24, 2.45) is 0 Å². The summed E-state index contributed by atoms with van der Waals surface area (Å²) >= 11 is 0. The number of carbonyl (C=O) groups excluding carboxylic acids is 2. The molecule has 5 aromatic rings. The van der Waals surface area contributed by atoms with Crippen LogP contribution in [0.3, 0.4) is 0 Å². The van der Waals surface area contributed by atoms with Crippen molar-refractivity contribution < 1.29 is 9.59 Å². The number of nitrogens with zero attached hydrogens (tertiary/aromatic N) is 3. The van der Waals surface area contributed by atoms with Crippen LogP contribution >= 0.6 is 0 Å². The molecule has 7 nitrogen and oxygen atoms in total. The minimum Gasteiger partial charge on any atom is -0.347 e. The molecule has 2 N–H and O–H groups in total. The van der Waals surface area contributed by atoms with Crippen LogP contribution in [0.25, 0.3) is 33.3 Å². The Labute approximate surface area is 214 Å². The van der Waals surface area contributed by atoms with E-state index in [-0.39, 0.29) is 11.8 Å². The zero-order valence-corrected chi connectivity index (χ0v) is 20.1. The number of nitrogens with one attached hydrogen (secondary N) is 2. The Morgan fingerprint density at radius 2 is 1.76 bits per heavy atom. The zero-order valence-electron chi connectivity index (χ0n) is 20.1. The maximum Gasteiger partial charge on any atom is 0.268 e. The lowest BCUT2D eigenvalue weighted by atomic mass is 10.0. The van der Waals surface area contributed by atoms with Crippen molar-refractivity contribution in [3.05, 3.63) is 103 Å². The first-order chi connectivity index (χ1) is 18.2. The molecule has 1 saturated heterocycles. The van der Waals surface area contributed by atoms with E-state index in [1.807, 2.05) is 84.0 Å². The lowest BCUT2D eigenvalue weighted by molar-refractivity contribution is -0.117. The van der Waals surface area contributed by atoms with Gasteiger partial charge in [-0.15, -0.1) is 0 Å². The molecule has 3 aromatic heterocycles. The number of anilines is 1. The first kappa shape index (κ1) is 22.7. The fourth-order valence-electron chi connectivity index (χ4n) is 4.77. The molecule has 2 aromatic carbocycles. The molecule has 7 heteroatoms. The lowest BCUT2D eigenvalue weighted by Crippen LogP contribution is -2.23. The molecule has 1 aliphatic heterocycles. The Kier molecular flexibility index (Phi) is 5.94. The van der Waals surface area contributed by atoms with Crippen molar-refractivity contribution in [2.75, 3.05) is 11.4 Å². The van der Waals surface area contributed by atoms with Gasteiger partial charge in [0.15, 0.2) is 0 Å². The van der Waals surface area contributed by atoms with Crippen molar-refractivity contribution in [3.63, 3.8) is 0 Å². The van der Waals surface area contributed by atoms with Crippen LogP contribution in [0.1, 0.15) is 28.9 Å². The van der Waals surface area contributed by atoms with Gasteiger partial charge in [-0.3, -0.25) is 14.6 Å². The van der Waals surface area contributed by atoms with Crippen LogP contribution in [0.15, 0.2) is 91.4 Å². The molecular formula is C30H25N5O2. The van der Waals surface area contributed by atoms with Gasteiger partial charge in [0.2, 0.25) is 5.91 Å². The van der Waals surface area contributed by atoms with E-state index in [2.05, 4.69) is 26.3 Å². The van der Waals surface area contributed by atoms with Crippen molar-refractivity contribution >= 4 is 28.5 Å². The predicted molar refractivity (Wildman–Crippen MR) is 144 cm³/mol. The second-order valence-corrected chi connectivity index (χ2v) is 9.13. The summed E-state index contributed by atoms with van der Waals surface area (Å²) in [5.74, 6) is -0.00556. The smallest absolute Gasteiger partial charge is 0.268 e. The number of hydrogen-bond acceptors (Lipinski definition) is 4. The summed E-state index contributed by atoms with van der Waals surface area (Å²) in [6, 6.07) is 23.7. The highest BCUT2D eigenvalue weighted by molar-refractivity contribution is 6.02. The Morgan fingerprint density at radius 3 is 2.54 bits per heavy atom. The maximum atomic E-state index is 12.8. The monoisotopic (exact) mass is 487 g/mol. The van der Waals surface area contributed by atoms with Crippen LogP contribution < -0.4 is 10.2 Å². The third-order valence-electron chi connectivity index (χ3n) is 6.71. The molecule has 4 heterocycles. The number of fused-ring (bicyclic) bond motifs is 1. The second-order valence-electron chi connectivity index (χ2n) is 9.13. The summed E-state index contributed by atoms with van der Waals surface area (Å²) < 4.78 is 0. The van der Waals surface area contributed by atoms with Gasteiger partial charge >= 0.3 is 0 Å². The topological polar surface area (TPSA) is 91.0 Å². The quantitative estimate of drug-likeness (QED) is 0.338. The third-order valence-corrected chi connectivity index (χ3v) is 6.71. The van der Waals surface area contributed by atoms with Crippen molar-refractivity contribution in [1.29, 1.82) is 0 Å². The summed E-state index contributed by atoms with van der Waals surface area (Å²) in [6.45, 7) is 1.22. The second kappa shape index (κ2) is 9.70. The average Bonchev–Trinajstić information content (AvgIpc) is 3.59. The molecule has 182 valence electrons. The molecule has 2 amide bonds. The third kappa shape index (κ3) is 4.59. The standard InChI is InChI=1S/C30H25N5O2/c36-28-7-4-14-35(28)24-10-8-21(9-11-24)22-15-23(19-31-18-22)25-12-13-32-29-26(25)16-27(34-29)30(37)33-17-20-5-2-1-3-6-20/h1-3,5-6,8-13,15-16,18-19H,4,7,14,17H2,(H,32,34)(H,33,37). The molecule has 0 aliphatic carbocycles. The van der Waals surface area contributed by atoms with E-state index in [0.29, 0.717) is 24.3 Å². The Hall–Kier alpha value is -4.78. The minimum absolute atomic E-state index is 0.178. The summed E-state index contributed by atoms with van der Waals surface area (Å²) in [6.07, 6.45) is 6.90. The SMILES string of the molecule is O=C(NCc1ccccc1)c1cc2c(-c3cncc(-c4ccc(N5CCCC5=O)cc4)c3)ccnc2[nH]1. The van der Waals surface area contributed by atoms with Crippen LogP contribution in [-0.4, -0.2) is 33.3 Å². The average molecular weight is 488 g/mol. The number of aromatic nitrogens is 3. The Morgan fingerprint density at radius 1 is 0.946 bits per heavy atom. The van der Waals surface area contributed by atoms with Gasteiger partial charge < -0.3 is 15.2 Å². The van der Waals surface area contributed by atoms with E-state index in [4.69, 9.17) is 0 Å². The number of pyridine rings is 2. The van der Waals surface area contributed by atoms with E-state index in [1.54, 1.807) is 6.20 Å². The van der Waals surface area contributed by atoms with E-state index < -0.39 is 0 Å². The summed E-state index contributed by atoms with van der Waals surface area (Å²) in [5.41, 5.74) is 6.93. The first-order valence-electron chi connectivity index (χ1n) is 12.3. The van der Waals surface area contributed by atoms with E-state index in [9.17, 15) is 9.59 Å². The molecule has 37 heavy (non-hydrogen) atoms. The summed E-state index contributed by atoms with van der Waals surface area (Å²) in [5, 5.41) is 3.81. The highest BCUT2D eigenvalue weighted by Crippen LogP contribution is 2.31. The van der Waals surface area contributed by atoms with E-state index >= 15 is 0 Å². The molecule has 1 aliphatic rings. The van der Waals surface area contributed by atoms with Crippen LogP contribution in [0, 0.1) is 0 Å². The highest BCUT2D eigenvalue weighted by atomic mass is 16.2. The zero-order chi connectivity index (χ0) is 25.2. The maximum absolute atomic E-state index is 12.8. The molecule has 0 radical (unpaired) electrons. The fraction of sp³-hybridized carbons (Fsp3) is 0.133. The van der Waals surface area contributed by atoms with Crippen molar-refractivity contribution in [3.8, 4) is 22.3 Å². The van der Waals surface area contributed by atoms with Gasteiger partial charge in [0.1, 0.15) is 11.3 Å². The summed E-state index contributed by atoms with van der Waals surface area (Å²) in [7, 11) is 0. The first-order valence-corrected chi connectivity index (χ1v) is 12.3. The predicted octanol–water partition coefficient (Wildman–Crippen LogP) is 5.35. The largest absolute Gasteiger partial charge is 0.347 e. The molecule has 0 unspecified atom stereocenters. The molecular weight excluding hydrogens is 462 g/mol. The number of amides is 2. The number of benzene rings is 2. The van der Waals surface area contributed by atoms with Crippen molar-refractivity contribution in [1.82, 2.24) is 20.3 Å². The van der Waals surface area contributed by atoms with Gasteiger partial charge in [0, 0.05) is 60.3 Å². The molecule has 0 atom stereocenters. The van der Waals surface area contributed by atoms with Crippen LogP contribution in [0.5, 0.6) is 0 Å². The van der Waals surface area contributed by atoms with Gasteiger partial charge in [-0.2, -0.15) is 0 Å². The number of rotatable bonds is 6. The Balaban J connectivity index is 1.26. The van der Waals surface area contributed by atoms with E-state index in [0.717, 1.165) is 51.9 Å². The van der Waals surface area contributed by atoms with Crippen molar-refractivity contribution in [2.45, 2.75) is 19.4 Å². The lowest BCUT2D eigenvalue weighted by Gasteiger charge is -2.16. The molecule has 0 spiro atoms. The fourth-order valence-corrected chi connectivity index (χ4v) is 4.77. The van der Waals surface area contributed by atoms with Gasteiger partial charge in [0.25, 0.3) is 5.91 Å². The van der Waals surface area contributed by atoms with E-state index in [1.165, 1.54) is 0 Å². The Bertz CT molecular complexity index is 1590. The number of aromatic amines is 1. The van der Waals surface area contributed by atoms with Gasteiger partial charge in [0.05, 0.1) is 0 Å². The highest BCUT2D eigenvalue weighted by Gasteiger charge is 2.21. The van der Waals surface area contributed by atoms with Gasteiger partial charge in [-0.25, -0.2) is 4.98 Å². The minimum atomic E-state index is -0.184. The normalized spacial score (nSPS) is 13.3. The van der Waals surface area contributed by atoms with Gasteiger partial charge in [-0.1, -0.05) is 42.5 Å². The van der Waals surface area contributed by atoms with Gasteiger partial charge in [-0.05, 0) is 53.4 Å². The number of hydrogen-bond donors (Lipinski definition) is 2.